The summed E-state index contributed by atoms with van der Waals surface area (Å²) in [7, 11) is -8.32. The van der Waals surface area contributed by atoms with Gasteiger partial charge in [-0.25, -0.2) is 0 Å². The van der Waals surface area contributed by atoms with Gasteiger partial charge in [-0.2, -0.15) is 25.0 Å². The van der Waals surface area contributed by atoms with Crippen molar-refractivity contribution in [3.63, 3.8) is 0 Å². The normalized spacial score (nSPS) is 11.8. The molecule has 0 bridgehead atoms. The number of hydrogen-bond acceptors (Lipinski definition) is 4. The van der Waals surface area contributed by atoms with Gasteiger partial charge >= 0.3 is 0 Å². The summed E-state index contributed by atoms with van der Waals surface area (Å²) in [6.07, 6.45) is 2.42. The average molecular weight is 417 g/mol. The van der Waals surface area contributed by atoms with E-state index in [-0.39, 0.29) is 9.79 Å². The Morgan fingerprint density at radius 2 is 0.857 bits per heavy atom. The molecule has 28 heavy (non-hydrogen) atoms. The third kappa shape index (κ3) is 3.88. The first kappa shape index (κ1) is 19.9. The summed E-state index contributed by atoms with van der Waals surface area (Å²) >= 11 is 0. The van der Waals surface area contributed by atoms with Gasteiger partial charge in [0.1, 0.15) is 0 Å². The second-order valence-corrected chi connectivity index (χ2v) is 9.84. The van der Waals surface area contributed by atoms with Gasteiger partial charge in [-0.3, -0.25) is 0 Å². The van der Waals surface area contributed by atoms with Crippen LogP contribution in [-0.4, -0.2) is 25.0 Å². The maximum atomic E-state index is 13.2. The molecule has 0 radical (unpaired) electrons. The van der Waals surface area contributed by atoms with E-state index in [2.05, 4.69) is 0 Å². The van der Waals surface area contributed by atoms with Gasteiger partial charge in [-0.1, -0.05) is 47.5 Å². The Balaban J connectivity index is 2.30. The average Bonchev–Trinajstić information content (AvgIpc) is 2.61. The van der Waals surface area contributed by atoms with Gasteiger partial charge in [-0.15, -0.1) is 0 Å². The molecule has 0 unspecified atom stereocenters. The number of nitrogens with zero attached hydrogens (tertiary/aromatic N) is 2. The van der Waals surface area contributed by atoms with Crippen molar-refractivity contribution in [1.82, 2.24) is 8.17 Å². The van der Waals surface area contributed by atoms with Gasteiger partial charge in [-0.05, 0) is 50.2 Å². The van der Waals surface area contributed by atoms with Gasteiger partial charge in [0.2, 0.25) is 0 Å². The fourth-order valence-electron chi connectivity index (χ4n) is 2.51. The largest absolute Gasteiger partial charge is 0.282 e. The van der Waals surface area contributed by atoms with Gasteiger partial charge in [0, 0.05) is 12.4 Å². The van der Waals surface area contributed by atoms with E-state index in [4.69, 9.17) is 0 Å². The highest BCUT2D eigenvalue weighted by Crippen LogP contribution is 2.18. The smallest absolute Gasteiger partial charge is 0.199 e. The van der Waals surface area contributed by atoms with Crippen LogP contribution in [0.3, 0.4) is 0 Å². The Kier molecular flexibility index (Phi) is 5.44. The summed E-state index contributed by atoms with van der Waals surface area (Å²) in [6.45, 7) is 3.68. The first-order valence-corrected chi connectivity index (χ1v) is 11.3. The SMILES string of the molecule is Cc1ccc(S(=O)(=O)n2ccccccn2S(=O)(=O)c2ccc(C)cc2)cc1. The van der Waals surface area contributed by atoms with Crippen molar-refractivity contribution in [2.45, 2.75) is 23.6 Å². The lowest BCUT2D eigenvalue weighted by atomic mass is 10.2. The Hall–Kier alpha value is -2.84. The van der Waals surface area contributed by atoms with Crippen LogP contribution in [-0.2, 0) is 20.0 Å². The van der Waals surface area contributed by atoms with Crippen LogP contribution in [0, 0.1) is 13.8 Å². The molecule has 2 aromatic carbocycles. The molecule has 0 fully saturated rings. The zero-order valence-electron chi connectivity index (χ0n) is 15.4. The highest BCUT2D eigenvalue weighted by atomic mass is 32.2. The standard InChI is InChI=1S/C20H20N2O4S2/c1-17-7-11-19(12-8-17)27(23,24)21-15-5-3-4-6-16-22(21)28(25,26)20-13-9-18(2)10-14-20/h3-16H,1-2H3. The summed E-state index contributed by atoms with van der Waals surface area (Å²) < 4.78 is 54.3. The predicted molar refractivity (Wildman–Crippen MR) is 108 cm³/mol. The lowest BCUT2D eigenvalue weighted by Crippen LogP contribution is -2.28. The maximum absolute atomic E-state index is 13.2. The topological polar surface area (TPSA) is 78.1 Å². The molecule has 1 aromatic heterocycles. The van der Waals surface area contributed by atoms with Crippen LogP contribution < -0.4 is 0 Å². The minimum absolute atomic E-state index is 0.00944. The van der Waals surface area contributed by atoms with Gasteiger partial charge < -0.3 is 0 Å². The minimum atomic E-state index is -4.16. The van der Waals surface area contributed by atoms with Gasteiger partial charge in [0.15, 0.2) is 0 Å². The maximum Gasteiger partial charge on any atom is 0.282 e. The summed E-state index contributed by atoms with van der Waals surface area (Å²) in [6, 6.07) is 18.6. The van der Waals surface area contributed by atoms with Crippen LogP contribution in [0.4, 0.5) is 0 Å². The minimum Gasteiger partial charge on any atom is -0.199 e. The van der Waals surface area contributed by atoms with Crippen LogP contribution in [0.1, 0.15) is 11.1 Å². The van der Waals surface area contributed by atoms with E-state index in [1.807, 2.05) is 13.8 Å². The monoisotopic (exact) mass is 416 g/mol. The van der Waals surface area contributed by atoms with Crippen LogP contribution in [0.15, 0.2) is 95.0 Å². The molecule has 0 aliphatic carbocycles. The van der Waals surface area contributed by atoms with Crippen LogP contribution >= 0.6 is 0 Å². The third-order valence-corrected chi connectivity index (χ3v) is 7.50. The van der Waals surface area contributed by atoms with Crippen molar-refractivity contribution in [1.29, 1.82) is 0 Å². The zero-order chi connectivity index (χ0) is 20.4. The van der Waals surface area contributed by atoms with Crippen molar-refractivity contribution >= 4 is 20.0 Å². The third-order valence-electron chi connectivity index (χ3n) is 4.09. The van der Waals surface area contributed by atoms with E-state index in [0.717, 1.165) is 19.3 Å². The summed E-state index contributed by atoms with van der Waals surface area (Å²) in [5.41, 5.74) is 1.79. The first-order valence-electron chi connectivity index (χ1n) is 8.47. The molecule has 0 N–H and O–H groups in total. The molecule has 146 valence electrons. The Labute approximate surface area is 165 Å². The molecule has 0 saturated heterocycles. The van der Waals surface area contributed by atoms with Crippen molar-refractivity contribution in [3.8, 4) is 0 Å². The van der Waals surface area contributed by atoms with E-state index in [1.54, 1.807) is 36.4 Å². The lowest BCUT2D eigenvalue weighted by molar-refractivity contribution is 0.552. The molecule has 1 heterocycles. The highest BCUT2D eigenvalue weighted by molar-refractivity contribution is 7.92. The Morgan fingerprint density at radius 1 is 0.536 bits per heavy atom. The quantitative estimate of drug-likeness (QED) is 0.652. The molecule has 3 aromatic rings. The molecule has 0 aliphatic rings. The molecule has 0 atom stereocenters. The van der Waals surface area contributed by atoms with E-state index < -0.39 is 20.0 Å². The van der Waals surface area contributed by atoms with Crippen molar-refractivity contribution in [2.75, 3.05) is 0 Å². The Bertz CT molecular complexity index is 1130. The fraction of sp³-hybridized carbons (Fsp3) is 0.100. The number of benzene rings is 2. The predicted octanol–water partition coefficient (Wildman–Crippen LogP) is 3.50. The first-order chi connectivity index (χ1) is 13.2. The summed E-state index contributed by atoms with van der Waals surface area (Å²) in [4.78, 5) is -0.0189. The number of aryl methyl sites for hydroxylation is 2. The second kappa shape index (κ2) is 7.65. The summed E-state index contributed by atoms with van der Waals surface area (Å²) in [5, 5.41) is 0. The van der Waals surface area contributed by atoms with E-state index in [1.165, 1.54) is 48.8 Å². The molecule has 0 amide bonds. The van der Waals surface area contributed by atoms with Crippen LogP contribution in [0.2, 0.25) is 0 Å². The fourth-order valence-corrected chi connectivity index (χ4v) is 5.43. The molecule has 0 aliphatic heterocycles. The second-order valence-electron chi connectivity index (χ2n) is 6.25. The molecule has 8 heteroatoms. The van der Waals surface area contributed by atoms with Crippen molar-refractivity contribution in [3.05, 3.63) is 96.3 Å². The Morgan fingerprint density at radius 3 is 1.18 bits per heavy atom. The van der Waals surface area contributed by atoms with Crippen molar-refractivity contribution < 1.29 is 16.8 Å². The number of hydrogen-bond donors (Lipinski definition) is 0. The van der Waals surface area contributed by atoms with Crippen LogP contribution in [0.5, 0.6) is 0 Å². The van der Waals surface area contributed by atoms with E-state index in [0.29, 0.717) is 0 Å². The molecule has 3 rings (SSSR count). The molecule has 0 saturated carbocycles. The molecule has 6 nitrogen and oxygen atoms in total. The van der Waals surface area contributed by atoms with E-state index in [9.17, 15) is 16.8 Å². The highest BCUT2D eigenvalue weighted by Gasteiger charge is 2.24. The number of aromatic nitrogens is 2. The molecular formula is C20H20N2O4S2. The van der Waals surface area contributed by atoms with Crippen LogP contribution in [0.25, 0.3) is 0 Å². The van der Waals surface area contributed by atoms with Crippen molar-refractivity contribution in [2.24, 2.45) is 0 Å². The van der Waals surface area contributed by atoms with Gasteiger partial charge in [0.05, 0.1) is 9.79 Å². The molecular weight excluding hydrogens is 396 g/mol. The molecule has 0 spiro atoms. The zero-order valence-corrected chi connectivity index (χ0v) is 17.1. The number of rotatable bonds is 4. The lowest BCUT2D eigenvalue weighted by Gasteiger charge is -2.16. The summed E-state index contributed by atoms with van der Waals surface area (Å²) in [5.74, 6) is 0. The van der Waals surface area contributed by atoms with E-state index >= 15 is 0 Å². The van der Waals surface area contributed by atoms with Gasteiger partial charge in [0.25, 0.3) is 20.0 Å².